The first-order valence-electron chi connectivity index (χ1n) is 5.74. The van der Waals surface area contributed by atoms with Crippen LogP contribution < -0.4 is 10.0 Å². The lowest BCUT2D eigenvalue weighted by molar-refractivity contribution is -0.255. The van der Waals surface area contributed by atoms with Gasteiger partial charge in [-0.05, 0) is 29.8 Å². The molecule has 0 saturated carbocycles. The highest BCUT2D eigenvalue weighted by Crippen LogP contribution is 2.28. The summed E-state index contributed by atoms with van der Waals surface area (Å²) in [5.41, 5.74) is 0.494. The lowest BCUT2D eigenvalue weighted by Crippen LogP contribution is -2.29. The molecule has 1 aliphatic heterocycles. The first-order chi connectivity index (χ1) is 9.59. The summed E-state index contributed by atoms with van der Waals surface area (Å²) in [7, 11) is 0. The van der Waals surface area contributed by atoms with Crippen molar-refractivity contribution in [3.8, 4) is 0 Å². The third-order valence-electron chi connectivity index (χ3n) is 3.04. The maximum atomic E-state index is 12.3. The predicted molar refractivity (Wildman–Crippen MR) is 66.1 cm³/mol. The van der Waals surface area contributed by atoms with Gasteiger partial charge in [-0.2, -0.15) is 0 Å². The Labute approximate surface area is 113 Å². The van der Waals surface area contributed by atoms with Crippen molar-refractivity contribution in [2.75, 3.05) is 4.90 Å². The number of nitrogens with zero attached hydrogens (tertiary/aromatic N) is 2. The second kappa shape index (κ2) is 4.27. The molecule has 0 radical (unpaired) electrons. The van der Waals surface area contributed by atoms with E-state index in [0.29, 0.717) is 5.69 Å². The molecule has 3 rings (SSSR count). The van der Waals surface area contributed by atoms with Crippen molar-refractivity contribution in [3.05, 3.63) is 59.4 Å². The largest absolute Gasteiger partial charge is 0.545 e. The monoisotopic (exact) mass is 267 g/mol. The van der Waals surface area contributed by atoms with Crippen LogP contribution in [0.2, 0.25) is 0 Å². The molecule has 0 bridgehead atoms. The number of benzene rings is 1. The van der Waals surface area contributed by atoms with Gasteiger partial charge in [-0.15, -0.1) is 0 Å². The van der Waals surface area contributed by atoms with Gasteiger partial charge in [0.2, 0.25) is 0 Å². The molecule has 1 aromatic heterocycles. The molecule has 0 N–H and O–H groups in total. The van der Waals surface area contributed by atoms with Gasteiger partial charge < -0.3 is 9.90 Å². The fourth-order valence-corrected chi connectivity index (χ4v) is 2.10. The highest BCUT2D eigenvalue weighted by molar-refractivity contribution is 6.34. The summed E-state index contributed by atoms with van der Waals surface area (Å²) in [4.78, 5) is 40.1. The second-order valence-corrected chi connectivity index (χ2v) is 4.20. The van der Waals surface area contributed by atoms with Gasteiger partial charge >= 0.3 is 0 Å². The van der Waals surface area contributed by atoms with Gasteiger partial charge in [-0.1, -0.05) is 6.07 Å². The molecule has 1 aromatic carbocycles. The molecule has 6 nitrogen and oxygen atoms in total. The lowest BCUT2D eigenvalue weighted by atomic mass is 10.1. The minimum Gasteiger partial charge on any atom is -0.545 e. The third-order valence-corrected chi connectivity index (χ3v) is 3.04. The van der Waals surface area contributed by atoms with Gasteiger partial charge in [0.05, 0.1) is 22.8 Å². The smallest absolute Gasteiger partial charge is 0.266 e. The maximum absolute atomic E-state index is 12.3. The van der Waals surface area contributed by atoms with Crippen molar-refractivity contribution in [3.63, 3.8) is 0 Å². The highest BCUT2D eigenvalue weighted by Gasteiger charge is 2.36. The number of carboxylic acids is 1. The topological polar surface area (TPSA) is 90.4 Å². The number of carbonyl (C=O) groups excluding carboxylic acids is 3. The van der Waals surface area contributed by atoms with Crippen LogP contribution in [0.1, 0.15) is 31.1 Å². The Bertz CT molecular complexity index is 740. The Hall–Kier alpha value is -3.02. The molecule has 0 aliphatic carbocycles. The Morgan fingerprint density at radius 1 is 1.00 bits per heavy atom. The molecule has 98 valence electrons. The van der Waals surface area contributed by atoms with Crippen molar-refractivity contribution in [1.82, 2.24) is 4.98 Å². The Morgan fingerprint density at radius 3 is 2.30 bits per heavy atom. The lowest BCUT2D eigenvalue weighted by Gasteiger charge is -2.12. The van der Waals surface area contributed by atoms with Gasteiger partial charge in [-0.3, -0.25) is 14.6 Å². The number of amides is 2. The fraction of sp³-hybridized carbons (Fsp3) is 0. The molecular formula is C14H7N2O4-. The standard InChI is InChI=1S/C14H8N2O4/c17-12-10-2-1-8(14(19)20)7-11(10)13(18)16(12)9-3-5-15-6-4-9/h1-7H,(H,19,20)/p-1. The molecule has 0 spiro atoms. The number of imide groups is 1. The zero-order valence-electron chi connectivity index (χ0n) is 10.1. The predicted octanol–water partition coefficient (Wildman–Crippen LogP) is 0.246. The molecule has 2 aromatic rings. The zero-order valence-corrected chi connectivity index (χ0v) is 10.1. The molecule has 2 amide bonds. The third kappa shape index (κ3) is 1.66. The summed E-state index contributed by atoms with van der Waals surface area (Å²) < 4.78 is 0. The van der Waals surface area contributed by atoms with Gasteiger partial charge in [-0.25, -0.2) is 4.90 Å². The van der Waals surface area contributed by atoms with E-state index in [4.69, 9.17) is 0 Å². The van der Waals surface area contributed by atoms with E-state index in [0.717, 1.165) is 11.0 Å². The van der Waals surface area contributed by atoms with E-state index < -0.39 is 17.8 Å². The summed E-state index contributed by atoms with van der Waals surface area (Å²) in [6.07, 6.45) is 2.93. The van der Waals surface area contributed by atoms with Gasteiger partial charge in [0.15, 0.2) is 0 Å². The van der Waals surface area contributed by atoms with E-state index in [1.807, 2.05) is 0 Å². The van der Waals surface area contributed by atoms with Crippen LogP contribution in [0.4, 0.5) is 5.69 Å². The van der Waals surface area contributed by atoms with Crippen molar-refractivity contribution in [2.45, 2.75) is 0 Å². The van der Waals surface area contributed by atoms with E-state index in [1.54, 1.807) is 0 Å². The number of carbonyl (C=O) groups is 3. The number of hydrogen-bond donors (Lipinski definition) is 0. The summed E-state index contributed by atoms with van der Waals surface area (Å²) in [6.45, 7) is 0. The fourth-order valence-electron chi connectivity index (χ4n) is 2.10. The normalized spacial score (nSPS) is 13.5. The van der Waals surface area contributed by atoms with Crippen LogP contribution in [-0.4, -0.2) is 22.8 Å². The second-order valence-electron chi connectivity index (χ2n) is 4.20. The minimum absolute atomic E-state index is 0.0634. The Kier molecular flexibility index (Phi) is 2.57. The molecule has 0 saturated heterocycles. The number of carboxylic acid groups (broad SMARTS) is 1. The van der Waals surface area contributed by atoms with Crippen molar-refractivity contribution in [2.24, 2.45) is 0 Å². The number of hydrogen-bond acceptors (Lipinski definition) is 5. The number of fused-ring (bicyclic) bond motifs is 1. The Morgan fingerprint density at radius 2 is 1.65 bits per heavy atom. The summed E-state index contributed by atoms with van der Waals surface area (Å²) >= 11 is 0. The van der Waals surface area contributed by atoms with Crippen LogP contribution in [-0.2, 0) is 0 Å². The van der Waals surface area contributed by atoms with Gasteiger partial charge in [0.1, 0.15) is 0 Å². The molecule has 0 fully saturated rings. The number of aromatic carboxylic acids is 1. The molecule has 0 atom stereocenters. The summed E-state index contributed by atoms with van der Waals surface area (Å²) in [5, 5.41) is 10.8. The van der Waals surface area contributed by atoms with Crippen LogP contribution in [0, 0.1) is 0 Å². The van der Waals surface area contributed by atoms with Gasteiger partial charge in [0.25, 0.3) is 11.8 Å². The van der Waals surface area contributed by atoms with Crippen LogP contribution in [0.25, 0.3) is 0 Å². The number of pyridine rings is 1. The molecular weight excluding hydrogens is 260 g/mol. The average molecular weight is 267 g/mol. The van der Waals surface area contributed by atoms with E-state index in [9.17, 15) is 19.5 Å². The van der Waals surface area contributed by atoms with Crippen LogP contribution >= 0.6 is 0 Å². The summed E-state index contributed by atoms with van der Waals surface area (Å²) in [6, 6.07) is 6.78. The molecule has 0 unspecified atom stereocenters. The van der Waals surface area contributed by atoms with Crippen LogP contribution in [0.3, 0.4) is 0 Å². The van der Waals surface area contributed by atoms with Crippen molar-refractivity contribution < 1.29 is 19.5 Å². The quantitative estimate of drug-likeness (QED) is 0.727. The van der Waals surface area contributed by atoms with E-state index in [-0.39, 0.29) is 16.7 Å². The van der Waals surface area contributed by atoms with E-state index in [1.165, 1.54) is 36.7 Å². The van der Waals surface area contributed by atoms with E-state index in [2.05, 4.69) is 4.98 Å². The molecule has 1 aliphatic rings. The molecule has 6 heteroatoms. The summed E-state index contributed by atoms with van der Waals surface area (Å²) in [5.74, 6) is -2.43. The Balaban J connectivity index is 2.11. The SMILES string of the molecule is O=C([O-])c1ccc2c(c1)C(=O)N(c1ccncc1)C2=O. The molecule has 20 heavy (non-hydrogen) atoms. The number of aromatic nitrogens is 1. The highest BCUT2D eigenvalue weighted by atomic mass is 16.4. The maximum Gasteiger partial charge on any atom is 0.266 e. The zero-order chi connectivity index (χ0) is 14.3. The van der Waals surface area contributed by atoms with Crippen molar-refractivity contribution in [1.29, 1.82) is 0 Å². The van der Waals surface area contributed by atoms with Crippen molar-refractivity contribution >= 4 is 23.5 Å². The average Bonchev–Trinajstić information content (AvgIpc) is 2.71. The number of rotatable bonds is 2. The van der Waals surface area contributed by atoms with Crippen LogP contribution in [0.15, 0.2) is 42.7 Å². The first kappa shape index (κ1) is 12.0. The first-order valence-corrected chi connectivity index (χ1v) is 5.74. The van der Waals surface area contributed by atoms with Crippen LogP contribution in [0.5, 0.6) is 0 Å². The van der Waals surface area contributed by atoms with E-state index >= 15 is 0 Å². The minimum atomic E-state index is -1.39. The molecule has 2 heterocycles. The van der Waals surface area contributed by atoms with Gasteiger partial charge in [0, 0.05) is 12.4 Å². The number of anilines is 1.